The molecule has 0 bridgehead atoms. The van der Waals surface area contributed by atoms with Crippen molar-refractivity contribution in [3.05, 3.63) is 0 Å². The summed E-state index contributed by atoms with van der Waals surface area (Å²) in [5.74, 6) is 0.0441. The Morgan fingerprint density at radius 3 is 2.61 bits per heavy atom. The van der Waals surface area contributed by atoms with Gasteiger partial charge < -0.3 is 10.2 Å². The maximum absolute atomic E-state index is 11.9. The van der Waals surface area contributed by atoms with Gasteiger partial charge in [-0.3, -0.25) is 4.79 Å². The highest BCUT2D eigenvalue weighted by atomic mass is 35.5. The fraction of sp³-hybridized carbons (Fsp3) is 0.900. The molecule has 2 N–H and O–H groups in total. The van der Waals surface area contributed by atoms with Crippen LogP contribution in [0.15, 0.2) is 0 Å². The van der Waals surface area contributed by atoms with Gasteiger partial charge in [-0.2, -0.15) is 0 Å². The molecular formula is C10H22ClN3O3S. The van der Waals surface area contributed by atoms with E-state index in [1.807, 2.05) is 0 Å². The third kappa shape index (κ3) is 5.09. The molecule has 18 heavy (non-hydrogen) atoms. The first-order valence-corrected chi connectivity index (χ1v) is 7.50. The lowest BCUT2D eigenvalue weighted by atomic mass is 10.2. The maximum atomic E-state index is 11.9. The molecule has 0 saturated carbocycles. The lowest BCUT2D eigenvalue weighted by molar-refractivity contribution is -0.131. The fourth-order valence-corrected chi connectivity index (χ4v) is 3.07. The summed E-state index contributed by atoms with van der Waals surface area (Å²) in [6.07, 6.45) is 2.08. The summed E-state index contributed by atoms with van der Waals surface area (Å²) in [7, 11) is -0.0573. The van der Waals surface area contributed by atoms with E-state index in [0.717, 1.165) is 12.8 Å². The number of hydrogen-bond donors (Lipinski definition) is 2. The molecule has 1 heterocycles. The van der Waals surface area contributed by atoms with Crippen molar-refractivity contribution in [2.75, 3.05) is 32.9 Å². The van der Waals surface area contributed by atoms with Crippen LogP contribution in [0.5, 0.6) is 0 Å². The van der Waals surface area contributed by atoms with Crippen molar-refractivity contribution in [2.24, 2.45) is 0 Å². The van der Waals surface area contributed by atoms with E-state index in [-0.39, 0.29) is 30.1 Å². The first-order chi connectivity index (χ1) is 8.00. The molecule has 8 heteroatoms. The van der Waals surface area contributed by atoms with Gasteiger partial charge >= 0.3 is 0 Å². The molecule has 6 nitrogen and oxygen atoms in total. The Bertz CT molecular complexity index is 361. The van der Waals surface area contributed by atoms with E-state index in [2.05, 4.69) is 10.0 Å². The van der Waals surface area contributed by atoms with Crippen LogP contribution in [0.1, 0.15) is 19.3 Å². The van der Waals surface area contributed by atoms with Crippen LogP contribution in [0.25, 0.3) is 0 Å². The Morgan fingerprint density at radius 2 is 2.06 bits per heavy atom. The predicted molar refractivity (Wildman–Crippen MR) is 73.4 cm³/mol. The van der Waals surface area contributed by atoms with Crippen molar-refractivity contribution >= 4 is 28.3 Å². The van der Waals surface area contributed by atoms with E-state index >= 15 is 0 Å². The minimum Gasteiger partial charge on any atom is -0.339 e. The van der Waals surface area contributed by atoms with Crippen LogP contribution in [0.4, 0.5) is 0 Å². The van der Waals surface area contributed by atoms with Crippen LogP contribution < -0.4 is 10.0 Å². The van der Waals surface area contributed by atoms with Gasteiger partial charge in [-0.05, 0) is 26.9 Å². The largest absolute Gasteiger partial charge is 0.339 e. The van der Waals surface area contributed by atoms with Crippen molar-refractivity contribution in [3.8, 4) is 0 Å². The van der Waals surface area contributed by atoms with Crippen LogP contribution in [-0.2, 0) is 14.8 Å². The topological polar surface area (TPSA) is 78.5 Å². The summed E-state index contributed by atoms with van der Waals surface area (Å²) in [5.41, 5.74) is 0. The number of halogens is 1. The van der Waals surface area contributed by atoms with Gasteiger partial charge in [-0.1, -0.05) is 0 Å². The monoisotopic (exact) mass is 299 g/mol. The highest BCUT2D eigenvalue weighted by molar-refractivity contribution is 7.89. The zero-order chi connectivity index (χ0) is 12.9. The smallest absolute Gasteiger partial charge is 0.224 e. The molecule has 1 amide bonds. The number of carbonyl (C=O) groups is 1. The quantitative estimate of drug-likeness (QED) is 0.697. The molecule has 0 spiro atoms. The van der Waals surface area contributed by atoms with Gasteiger partial charge in [-0.15, -0.1) is 12.4 Å². The number of nitrogens with one attached hydrogen (secondary N) is 2. The van der Waals surface area contributed by atoms with Crippen molar-refractivity contribution in [2.45, 2.75) is 25.3 Å². The molecule has 0 aliphatic carbocycles. The molecule has 1 rings (SSSR count). The van der Waals surface area contributed by atoms with Crippen molar-refractivity contribution in [1.29, 1.82) is 0 Å². The number of carbonyl (C=O) groups excluding carboxylic acids is 1. The average Bonchev–Trinajstić information content (AvgIpc) is 2.73. The maximum Gasteiger partial charge on any atom is 0.224 e. The molecule has 0 aromatic rings. The third-order valence-corrected chi connectivity index (χ3v) is 4.45. The fourth-order valence-electron chi connectivity index (χ4n) is 2.05. The summed E-state index contributed by atoms with van der Waals surface area (Å²) in [5, 5.41) is 2.92. The van der Waals surface area contributed by atoms with Crippen molar-refractivity contribution in [1.82, 2.24) is 14.9 Å². The first kappa shape index (κ1) is 17.6. The van der Waals surface area contributed by atoms with Crippen LogP contribution in [0, 0.1) is 0 Å². The van der Waals surface area contributed by atoms with Gasteiger partial charge in [0, 0.05) is 25.6 Å². The zero-order valence-corrected chi connectivity index (χ0v) is 12.4. The molecule has 1 aliphatic rings. The highest BCUT2D eigenvalue weighted by Gasteiger charge is 2.31. The Kier molecular flexibility index (Phi) is 7.77. The van der Waals surface area contributed by atoms with E-state index < -0.39 is 10.0 Å². The lowest BCUT2D eigenvalue weighted by Crippen LogP contribution is -2.42. The summed E-state index contributed by atoms with van der Waals surface area (Å²) in [6.45, 7) is 1.30. The molecule has 1 aliphatic heterocycles. The first-order valence-electron chi connectivity index (χ1n) is 5.85. The average molecular weight is 300 g/mol. The molecule has 0 aromatic carbocycles. The minimum atomic E-state index is -3.25. The predicted octanol–water partition coefficient (Wildman–Crippen LogP) is -0.442. The molecular weight excluding hydrogens is 278 g/mol. The number of nitrogens with zero attached hydrogens (tertiary/aromatic N) is 1. The Labute approximate surface area is 115 Å². The zero-order valence-electron chi connectivity index (χ0n) is 10.8. The van der Waals surface area contributed by atoms with Gasteiger partial charge in [-0.25, -0.2) is 13.1 Å². The molecule has 108 valence electrons. The second-order valence-electron chi connectivity index (χ2n) is 4.22. The summed E-state index contributed by atoms with van der Waals surface area (Å²) in [4.78, 5) is 13.6. The Morgan fingerprint density at radius 1 is 1.39 bits per heavy atom. The van der Waals surface area contributed by atoms with Crippen LogP contribution in [0.2, 0.25) is 0 Å². The Hall–Kier alpha value is -0.370. The number of rotatable bonds is 6. The van der Waals surface area contributed by atoms with Gasteiger partial charge in [0.25, 0.3) is 0 Å². The standard InChI is InChI=1S/C10H21N3O3S.ClH/c1-11-6-5-10(14)13-7-3-4-9(13)8-17(15,16)12-2;/h9,11-12H,3-8H2,1-2H3;1H. The number of likely N-dealkylation sites (tertiary alicyclic amines) is 1. The van der Waals surface area contributed by atoms with E-state index in [1.165, 1.54) is 7.05 Å². The van der Waals surface area contributed by atoms with Gasteiger partial charge in [0.2, 0.25) is 15.9 Å². The molecule has 0 aromatic heterocycles. The number of amides is 1. The molecule has 1 fully saturated rings. The van der Waals surface area contributed by atoms with Gasteiger partial charge in [0.05, 0.1) is 5.75 Å². The van der Waals surface area contributed by atoms with E-state index in [9.17, 15) is 13.2 Å². The summed E-state index contributed by atoms with van der Waals surface area (Å²) in [6, 6.07) is -0.170. The lowest BCUT2D eigenvalue weighted by Gasteiger charge is -2.24. The van der Waals surface area contributed by atoms with Gasteiger partial charge in [0.1, 0.15) is 0 Å². The second-order valence-corrected chi connectivity index (χ2v) is 6.19. The molecule has 0 radical (unpaired) electrons. The van der Waals surface area contributed by atoms with Crippen LogP contribution >= 0.6 is 12.4 Å². The SMILES string of the molecule is CNCCC(=O)N1CCCC1CS(=O)(=O)NC.Cl. The molecule has 1 saturated heterocycles. The number of sulfonamides is 1. The number of hydrogen-bond acceptors (Lipinski definition) is 4. The second kappa shape index (κ2) is 7.93. The van der Waals surface area contributed by atoms with Crippen LogP contribution in [-0.4, -0.2) is 58.2 Å². The minimum absolute atomic E-state index is 0. The molecule has 1 unspecified atom stereocenters. The molecule has 1 atom stereocenters. The van der Waals surface area contributed by atoms with E-state index in [0.29, 0.717) is 19.5 Å². The van der Waals surface area contributed by atoms with Gasteiger partial charge in [0.15, 0.2) is 0 Å². The van der Waals surface area contributed by atoms with Crippen molar-refractivity contribution < 1.29 is 13.2 Å². The summed E-state index contributed by atoms with van der Waals surface area (Å²) >= 11 is 0. The summed E-state index contributed by atoms with van der Waals surface area (Å²) < 4.78 is 25.2. The van der Waals surface area contributed by atoms with E-state index in [4.69, 9.17) is 0 Å². The Balaban J connectivity index is 0.00000289. The van der Waals surface area contributed by atoms with E-state index in [1.54, 1.807) is 11.9 Å². The third-order valence-electron chi connectivity index (χ3n) is 3.01. The highest BCUT2D eigenvalue weighted by Crippen LogP contribution is 2.19. The van der Waals surface area contributed by atoms with Crippen LogP contribution in [0.3, 0.4) is 0 Å². The van der Waals surface area contributed by atoms with Crippen molar-refractivity contribution in [3.63, 3.8) is 0 Å². The normalized spacial score (nSPS) is 19.7.